The SMILES string of the molecule is NC(Cc1cc(I)ccc1Br)C(=O)O. The van der Waals surface area contributed by atoms with Crippen LogP contribution in [-0.4, -0.2) is 17.1 Å². The van der Waals surface area contributed by atoms with E-state index in [9.17, 15) is 4.79 Å². The van der Waals surface area contributed by atoms with E-state index in [0.717, 1.165) is 13.6 Å². The Hall–Kier alpha value is -0.140. The molecule has 0 aromatic heterocycles. The quantitative estimate of drug-likeness (QED) is 0.801. The molecule has 1 aromatic carbocycles. The van der Waals surface area contributed by atoms with E-state index in [2.05, 4.69) is 38.5 Å². The Bertz CT molecular complexity index is 357. The molecule has 76 valence electrons. The van der Waals surface area contributed by atoms with Gasteiger partial charge in [0.15, 0.2) is 0 Å². The molecule has 0 fully saturated rings. The molecule has 1 aromatic rings. The molecule has 0 spiro atoms. The fraction of sp³-hybridized carbons (Fsp3) is 0.222. The predicted octanol–water partition coefficient (Wildman–Crippen LogP) is 2.01. The van der Waals surface area contributed by atoms with Gasteiger partial charge in [-0.1, -0.05) is 15.9 Å². The number of nitrogens with two attached hydrogens (primary N) is 1. The average molecular weight is 370 g/mol. The topological polar surface area (TPSA) is 63.3 Å². The third kappa shape index (κ3) is 3.21. The van der Waals surface area contributed by atoms with E-state index in [1.54, 1.807) is 0 Å². The van der Waals surface area contributed by atoms with E-state index in [-0.39, 0.29) is 0 Å². The maximum Gasteiger partial charge on any atom is 0.320 e. The lowest BCUT2D eigenvalue weighted by Crippen LogP contribution is -2.32. The Kier molecular flexibility index (Phi) is 4.33. The lowest BCUT2D eigenvalue weighted by molar-refractivity contribution is -0.138. The first kappa shape index (κ1) is 11.9. The molecule has 0 saturated heterocycles. The number of hydrogen-bond acceptors (Lipinski definition) is 2. The van der Waals surface area contributed by atoms with Crippen molar-refractivity contribution in [2.24, 2.45) is 5.73 Å². The Balaban J connectivity index is 2.85. The number of hydrogen-bond donors (Lipinski definition) is 2. The van der Waals surface area contributed by atoms with Crippen LogP contribution in [0.5, 0.6) is 0 Å². The van der Waals surface area contributed by atoms with Gasteiger partial charge < -0.3 is 10.8 Å². The van der Waals surface area contributed by atoms with E-state index in [1.165, 1.54) is 0 Å². The van der Waals surface area contributed by atoms with Crippen LogP contribution in [0.4, 0.5) is 0 Å². The van der Waals surface area contributed by atoms with Crippen LogP contribution < -0.4 is 5.73 Å². The molecule has 1 atom stereocenters. The van der Waals surface area contributed by atoms with Crippen molar-refractivity contribution in [3.63, 3.8) is 0 Å². The van der Waals surface area contributed by atoms with Crippen LogP contribution in [0.15, 0.2) is 22.7 Å². The summed E-state index contributed by atoms with van der Waals surface area (Å²) >= 11 is 5.53. The van der Waals surface area contributed by atoms with Crippen molar-refractivity contribution in [3.05, 3.63) is 31.8 Å². The highest BCUT2D eigenvalue weighted by atomic mass is 127. The van der Waals surface area contributed by atoms with E-state index in [4.69, 9.17) is 10.8 Å². The highest BCUT2D eigenvalue weighted by Crippen LogP contribution is 2.20. The monoisotopic (exact) mass is 369 g/mol. The number of carbonyl (C=O) groups is 1. The molecule has 5 heteroatoms. The van der Waals surface area contributed by atoms with Gasteiger partial charge in [-0.05, 0) is 52.8 Å². The number of benzene rings is 1. The fourth-order valence-corrected chi connectivity index (χ4v) is 1.99. The molecule has 0 aliphatic rings. The van der Waals surface area contributed by atoms with Gasteiger partial charge in [-0.3, -0.25) is 4.79 Å². The second kappa shape index (κ2) is 5.09. The van der Waals surface area contributed by atoms with E-state index < -0.39 is 12.0 Å². The van der Waals surface area contributed by atoms with Gasteiger partial charge in [0.05, 0.1) is 0 Å². The first-order valence-corrected chi connectivity index (χ1v) is 5.80. The van der Waals surface area contributed by atoms with Gasteiger partial charge in [0.2, 0.25) is 0 Å². The molecule has 3 N–H and O–H groups in total. The highest BCUT2D eigenvalue weighted by Gasteiger charge is 2.13. The van der Waals surface area contributed by atoms with E-state index >= 15 is 0 Å². The normalized spacial score (nSPS) is 12.5. The van der Waals surface area contributed by atoms with Crippen LogP contribution in [0.3, 0.4) is 0 Å². The number of carboxylic acids is 1. The minimum atomic E-state index is -0.976. The van der Waals surface area contributed by atoms with Gasteiger partial charge in [0.1, 0.15) is 6.04 Å². The maximum atomic E-state index is 10.6. The second-order valence-corrected chi connectivity index (χ2v) is 4.98. The zero-order chi connectivity index (χ0) is 10.7. The van der Waals surface area contributed by atoms with Crippen LogP contribution in [0.2, 0.25) is 0 Å². The highest BCUT2D eigenvalue weighted by molar-refractivity contribution is 14.1. The molecule has 0 saturated carbocycles. The van der Waals surface area contributed by atoms with Gasteiger partial charge in [-0.15, -0.1) is 0 Å². The van der Waals surface area contributed by atoms with Crippen LogP contribution in [0.1, 0.15) is 5.56 Å². The number of halogens is 2. The van der Waals surface area contributed by atoms with Crippen molar-refractivity contribution >= 4 is 44.5 Å². The van der Waals surface area contributed by atoms with Crippen LogP contribution in [0, 0.1) is 3.57 Å². The summed E-state index contributed by atoms with van der Waals surface area (Å²) in [5.74, 6) is -0.976. The Morgan fingerprint density at radius 1 is 1.64 bits per heavy atom. The second-order valence-electron chi connectivity index (χ2n) is 2.88. The molecular weight excluding hydrogens is 361 g/mol. The first-order valence-electron chi connectivity index (χ1n) is 3.93. The summed E-state index contributed by atoms with van der Waals surface area (Å²) in [7, 11) is 0. The molecule has 0 radical (unpaired) electrons. The number of rotatable bonds is 3. The zero-order valence-electron chi connectivity index (χ0n) is 7.21. The van der Waals surface area contributed by atoms with Gasteiger partial charge in [0.25, 0.3) is 0 Å². The standard InChI is InChI=1S/C9H9BrINO2/c10-7-2-1-6(11)3-5(7)4-8(12)9(13)14/h1-3,8H,4,12H2,(H,13,14). The van der Waals surface area contributed by atoms with Crippen LogP contribution in [-0.2, 0) is 11.2 Å². The van der Waals surface area contributed by atoms with Crippen molar-refractivity contribution in [2.45, 2.75) is 12.5 Å². The van der Waals surface area contributed by atoms with Gasteiger partial charge in [-0.2, -0.15) is 0 Å². The van der Waals surface area contributed by atoms with Gasteiger partial charge >= 0.3 is 5.97 Å². The Morgan fingerprint density at radius 3 is 2.86 bits per heavy atom. The molecule has 0 amide bonds. The summed E-state index contributed by atoms with van der Waals surface area (Å²) in [6.07, 6.45) is 0.340. The summed E-state index contributed by atoms with van der Waals surface area (Å²) in [5, 5.41) is 8.66. The third-order valence-corrected chi connectivity index (χ3v) is 3.21. The van der Waals surface area contributed by atoms with Crippen molar-refractivity contribution in [1.29, 1.82) is 0 Å². The number of carboxylic acid groups (broad SMARTS) is 1. The summed E-state index contributed by atoms with van der Waals surface area (Å²) < 4.78 is 1.97. The van der Waals surface area contributed by atoms with Gasteiger partial charge in [0, 0.05) is 8.04 Å². The van der Waals surface area contributed by atoms with E-state index in [0.29, 0.717) is 6.42 Å². The Labute approximate surface area is 104 Å². The predicted molar refractivity (Wildman–Crippen MR) is 66.2 cm³/mol. The van der Waals surface area contributed by atoms with Gasteiger partial charge in [-0.25, -0.2) is 0 Å². The zero-order valence-corrected chi connectivity index (χ0v) is 10.9. The molecule has 0 heterocycles. The summed E-state index contributed by atoms with van der Waals surface area (Å²) in [6.45, 7) is 0. The van der Waals surface area contributed by atoms with Crippen LogP contribution in [0.25, 0.3) is 0 Å². The molecule has 0 aliphatic heterocycles. The minimum Gasteiger partial charge on any atom is -0.480 e. The summed E-state index contributed by atoms with van der Waals surface area (Å²) in [5.41, 5.74) is 6.37. The van der Waals surface area contributed by atoms with E-state index in [1.807, 2.05) is 18.2 Å². The number of aliphatic carboxylic acids is 1. The molecule has 1 rings (SSSR count). The van der Waals surface area contributed by atoms with Crippen molar-refractivity contribution in [1.82, 2.24) is 0 Å². The minimum absolute atomic E-state index is 0.340. The molecule has 3 nitrogen and oxygen atoms in total. The lowest BCUT2D eigenvalue weighted by atomic mass is 10.1. The fourth-order valence-electron chi connectivity index (χ4n) is 1.02. The average Bonchev–Trinajstić information content (AvgIpc) is 2.11. The molecule has 0 aliphatic carbocycles. The van der Waals surface area contributed by atoms with Crippen molar-refractivity contribution < 1.29 is 9.90 Å². The molecule has 14 heavy (non-hydrogen) atoms. The van der Waals surface area contributed by atoms with Crippen molar-refractivity contribution in [3.8, 4) is 0 Å². The summed E-state index contributed by atoms with van der Waals surface area (Å²) in [4.78, 5) is 10.6. The summed E-state index contributed by atoms with van der Waals surface area (Å²) in [6, 6.07) is 4.92. The van der Waals surface area contributed by atoms with Crippen LogP contribution >= 0.6 is 38.5 Å². The molecular formula is C9H9BrINO2. The third-order valence-electron chi connectivity index (χ3n) is 1.76. The Morgan fingerprint density at radius 2 is 2.29 bits per heavy atom. The first-order chi connectivity index (χ1) is 6.50. The maximum absolute atomic E-state index is 10.6. The smallest absolute Gasteiger partial charge is 0.320 e. The largest absolute Gasteiger partial charge is 0.480 e. The molecule has 1 unspecified atom stereocenters. The van der Waals surface area contributed by atoms with Crippen molar-refractivity contribution in [2.75, 3.05) is 0 Å². The molecule has 0 bridgehead atoms. The lowest BCUT2D eigenvalue weighted by Gasteiger charge is -2.08.